The minimum absolute atomic E-state index is 0.321. The molecule has 0 saturated carbocycles. The average Bonchev–Trinajstić information content (AvgIpc) is 3.32. The number of aliphatic imine (C=N–C) groups is 1. The number of alkyl halides is 2. The van der Waals surface area contributed by atoms with Crippen LogP contribution in [-0.2, 0) is 0 Å². The van der Waals surface area contributed by atoms with Gasteiger partial charge in [0.05, 0.1) is 18.3 Å². The average molecular weight is 365 g/mol. The number of halogens is 2. The van der Waals surface area contributed by atoms with E-state index in [1.165, 1.54) is 23.7 Å². The van der Waals surface area contributed by atoms with Gasteiger partial charge in [0.2, 0.25) is 0 Å². The predicted octanol–water partition coefficient (Wildman–Crippen LogP) is 1.27. The highest BCUT2D eigenvalue weighted by Crippen LogP contribution is 2.38. The third-order valence-corrected chi connectivity index (χ3v) is 5.26. The molecular weight excluding hydrogens is 348 g/mol. The lowest BCUT2D eigenvalue weighted by Gasteiger charge is -2.28. The number of hydrogen-bond acceptors (Lipinski definition) is 7. The maximum Gasteiger partial charge on any atom is 0.333 e. The first-order valence-corrected chi connectivity index (χ1v) is 8.64. The molecule has 2 aromatic rings. The predicted molar refractivity (Wildman–Crippen MR) is 91.2 cm³/mol. The van der Waals surface area contributed by atoms with Crippen molar-refractivity contribution in [2.45, 2.75) is 18.5 Å². The fourth-order valence-electron chi connectivity index (χ4n) is 3.21. The van der Waals surface area contributed by atoms with Gasteiger partial charge in [-0.3, -0.25) is 4.99 Å². The molecule has 132 valence electrons. The number of amidine groups is 1. The van der Waals surface area contributed by atoms with E-state index in [0.717, 1.165) is 22.1 Å². The molecule has 0 radical (unpaired) electrons. The van der Waals surface area contributed by atoms with Crippen LogP contribution in [-0.4, -0.2) is 50.7 Å². The summed E-state index contributed by atoms with van der Waals surface area (Å²) in [6.45, 7) is -1.46. The van der Waals surface area contributed by atoms with Crippen LogP contribution in [0, 0.1) is 0 Å². The lowest BCUT2D eigenvalue weighted by atomic mass is 9.96. The van der Waals surface area contributed by atoms with Crippen LogP contribution in [0.25, 0.3) is 5.57 Å². The van der Waals surface area contributed by atoms with Gasteiger partial charge in [0.15, 0.2) is 10.8 Å². The molecule has 10 heteroatoms. The van der Waals surface area contributed by atoms with Crippen molar-refractivity contribution in [3.63, 3.8) is 0 Å². The van der Waals surface area contributed by atoms with Crippen molar-refractivity contribution >= 4 is 22.7 Å². The number of thiazole rings is 1. The Hall–Kier alpha value is -2.17. The molecular formula is C15H17F2N7S. The van der Waals surface area contributed by atoms with Gasteiger partial charge in [-0.1, -0.05) is 0 Å². The zero-order chi connectivity index (χ0) is 17.6. The normalized spacial score (nSPS) is 23.4. The third-order valence-electron chi connectivity index (χ3n) is 4.49. The van der Waals surface area contributed by atoms with Crippen LogP contribution in [0.3, 0.4) is 0 Å². The fourth-order valence-corrected chi connectivity index (χ4v) is 3.86. The minimum Gasteiger partial charge on any atom is -0.329 e. The van der Waals surface area contributed by atoms with Gasteiger partial charge in [-0.05, 0) is 0 Å². The van der Waals surface area contributed by atoms with Gasteiger partial charge in [-0.15, -0.1) is 11.3 Å². The van der Waals surface area contributed by atoms with Crippen molar-refractivity contribution in [1.82, 2.24) is 19.7 Å². The first-order valence-electron chi connectivity index (χ1n) is 7.76. The molecule has 7 nitrogen and oxygen atoms in total. The van der Waals surface area contributed by atoms with Crippen molar-refractivity contribution in [3.8, 4) is 0 Å². The summed E-state index contributed by atoms with van der Waals surface area (Å²) in [5, 5.41) is 6.42. The summed E-state index contributed by atoms with van der Waals surface area (Å²) >= 11 is 1.50. The van der Waals surface area contributed by atoms with Crippen molar-refractivity contribution in [2.24, 2.45) is 16.5 Å². The van der Waals surface area contributed by atoms with Crippen molar-refractivity contribution in [3.05, 3.63) is 40.2 Å². The number of rotatable bonds is 4. The second-order valence-corrected chi connectivity index (χ2v) is 7.11. The Morgan fingerprint density at radius 2 is 2.24 bits per heavy atom. The summed E-state index contributed by atoms with van der Waals surface area (Å²) in [6.07, 6.45) is 5.06. The molecule has 0 amide bonds. The monoisotopic (exact) mass is 365 g/mol. The Bertz CT molecular complexity index is 842. The maximum atomic E-state index is 12.8. The van der Waals surface area contributed by atoms with Crippen LogP contribution in [0.2, 0.25) is 0 Å². The van der Waals surface area contributed by atoms with Gasteiger partial charge in [0.1, 0.15) is 0 Å². The molecule has 4 rings (SSSR count). The molecule has 4 heterocycles. The van der Waals surface area contributed by atoms with E-state index in [0.29, 0.717) is 36.3 Å². The second kappa shape index (κ2) is 5.97. The van der Waals surface area contributed by atoms with Crippen LogP contribution in [0.15, 0.2) is 34.7 Å². The molecule has 1 unspecified atom stereocenters. The van der Waals surface area contributed by atoms with E-state index < -0.39 is 12.1 Å². The molecule has 1 saturated heterocycles. The maximum absolute atomic E-state index is 12.8. The topological polar surface area (TPSA) is 98.4 Å². The Morgan fingerprint density at radius 1 is 1.40 bits per heavy atom. The van der Waals surface area contributed by atoms with Crippen molar-refractivity contribution in [2.75, 3.05) is 19.6 Å². The molecule has 1 atom stereocenters. The quantitative estimate of drug-likeness (QED) is 0.850. The molecule has 4 N–H and O–H groups in total. The summed E-state index contributed by atoms with van der Waals surface area (Å²) in [5.74, 6) is 0.760. The van der Waals surface area contributed by atoms with Gasteiger partial charge < -0.3 is 16.4 Å². The van der Waals surface area contributed by atoms with E-state index in [9.17, 15) is 8.78 Å². The SMILES string of the molecule is NCC1(N)CC2=C(c3cnn(C(F)F)c3)CN=C(c3nccs3)N2C1. The zero-order valence-corrected chi connectivity index (χ0v) is 14.1. The number of hydrogen-bond donors (Lipinski definition) is 2. The van der Waals surface area contributed by atoms with E-state index in [4.69, 9.17) is 11.5 Å². The Labute approximate surface area is 146 Å². The number of nitrogens with zero attached hydrogens (tertiary/aromatic N) is 5. The molecule has 0 spiro atoms. The standard InChI is InChI=1S/C15H17F2N7S/c16-14(17)24-6-9(4-22-24)10-5-21-12(13-20-1-2-25-13)23-8-15(19,7-18)3-11(10)23/h1-2,4,6,14H,3,5,7-8,18-19H2. The smallest absolute Gasteiger partial charge is 0.329 e. The Morgan fingerprint density at radius 3 is 2.88 bits per heavy atom. The first kappa shape index (κ1) is 16.3. The summed E-state index contributed by atoms with van der Waals surface area (Å²) < 4.78 is 26.3. The summed E-state index contributed by atoms with van der Waals surface area (Å²) in [7, 11) is 0. The van der Waals surface area contributed by atoms with Gasteiger partial charge in [0, 0.05) is 54.1 Å². The van der Waals surface area contributed by atoms with Crippen LogP contribution >= 0.6 is 11.3 Å². The fraction of sp³-hybridized carbons (Fsp3) is 0.400. The van der Waals surface area contributed by atoms with Crippen LogP contribution < -0.4 is 11.5 Å². The molecule has 0 aliphatic carbocycles. The highest BCUT2D eigenvalue weighted by molar-refractivity contribution is 7.11. The number of fused-ring (bicyclic) bond motifs is 1. The summed E-state index contributed by atoms with van der Waals surface area (Å²) in [4.78, 5) is 11.0. The lowest BCUT2D eigenvalue weighted by Crippen LogP contribution is -2.49. The van der Waals surface area contributed by atoms with E-state index >= 15 is 0 Å². The highest BCUT2D eigenvalue weighted by Gasteiger charge is 2.42. The molecule has 2 aromatic heterocycles. The van der Waals surface area contributed by atoms with E-state index in [-0.39, 0.29) is 0 Å². The van der Waals surface area contributed by atoms with E-state index in [1.54, 1.807) is 6.20 Å². The van der Waals surface area contributed by atoms with E-state index in [2.05, 4.69) is 15.1 Å². The molecule has 2 aliphatic heterocycles. The van der Waals surface area contributed by atoms with Crippen molar-refractivity contribution < 1.29 is 8.78 Å². The second-order valence-electron chi connectivity index (χ2n) is 6.22. The largest absolute Gasteiger partial charge is 0.333 e. The molecule has 2 aliphatic rings. The van der Waals surface area contributed by atoms with Crippen LogP contribution in [0.4, 0.5) is 8.78 Å². The first-order chi connectivity index (χ1) is 12.0. The van der Waals surface area contributed by atoms with Gasteiger partial charge in [-0.2, -0.15) is 13.9 Å². The lowest BCUT2D eigenvalue weighted by molar-refractivity contribution is 0.0566. The van der Waals surface area contributed by atoms with Crippen molar-refractivity contribution in [1.29, 1.82) is 0 Å². The number of nitrogens with two attached hydrogens (primary N) is 2. The van der Waals surface area contributed by atoms with E-state index in [1.807, 2.05) is 10.3 Å². The minimum atomic E-state index is -2.67. The summed E-state index contributed by atoms with van der Waals surface area (Å²) in [6, 6.07) is 0. The Kier molecular flexibility index (Phi) is 3.89. The van der Waals surface area contributed by atoms with Crippen LogP contribution in [0.1, 0.15) is 23.5 Å². The number of aromatic nitrogens is 3. The van der Waals surface area contributed by atoms with Crippen LogP contribution in [0.5, 0.6) is 0 Å². The Balaban J connectivity index is 1.76. The molecule has 1 fully saturated rings. The van der Waals surface area contributed by atoms with Gasteiger partial charge in [0.25, 0.3) is 0 Å². The van der Waals surface area contributed by atoms with Gasteiger partial charge in [-0.25, -0.2) is 9.67 Å². The summed E-state index contributed by atoms with van der Waals surface area (Å²) in [5.41, 5.74) is 14.1. The molecule has 0 bridgehead atoms. The third kappa shape index (κ3) is 2.75. The van der Waals surface area contributed by atoms with Gasteiger partial charge >= 0.3 is 6.55 Å². The molecule has 25 heavy (non-hydrogen) atoms. The molecule has 0 aromatic carbocycles. The zero-order valence-electron chi connectivity index (χ0n) is 13.3. The highest BCUT2D eigenvalue weighted by atomic mass is 32.1.